The second-order valence-electron chi connectivity index (χ2n) is 4.05. The maximum absolute atomic E-state index is 5.50. The highest BCUT2D eigenvalue weighted by Crippen LogP contribution is 2.21. The van der Waals surface area contributed by atoms with Crippen LogP contribution < -0.4 is 0 Å². The van der Waals surface area contributed by atoms with Crippen molar-refractivity contribution in [2.75, 3.05) is 0 Å². The van der Waals surface area contributed by atoms with E-state index in [1.54, 1.807) is 0 Å². The zero-order valence-electron chi connectivity index (χ0n) is 9.01. The summed E-state index contributed by atoms with van der Waals surface area (Å²) in [7, 11) is 0. The van der Waals surface area contributed by atoms with Gasteiger partial charge in [-0.15, -0.1) is 0 Å². The maximum atomic E-state index is 5.50. The van der Waals surface area contributed by atoms with Gasteiger partial charge >= 0.3 is 0 Å². The van der Waals surface area contributed by atoms with Gasteiger partial charge in [-0.25, -0.2) is 0 Å². The predicted octanol–water partition coefficient (Wildman–Crippen LogP) is 3.56. The summed E-state index contributed by atoms with van der Waals surface area (Å²) in [5, 5.41) is 0. The number of H-pyrrole nitrogens is 1. The van der Waals surface area contributed by atoms with E-state index < -0.39 is 0 Å². The van der Waals surface area contributed by atoms with Gasteiger partial charge in [0.15, 0.2) is 4.77 Å². The van der Waals surface area contributed by atoms with E-state index in [1.165, 1.54) is 24.1 Å². The molecule has 15 heavy (non-hydrogen) atoms. The van der Waals surface area contributed by atoms with Gasteiger partial charge in [0.05, 0.1) is 0 Å². The second kappa shape index (κ2) is 4.58. The number of nitrogens with zero attached hydrogens (tertiary/aromatic N) is 1. The molecular weight excluding hydrogens is 224 g/mol. The standard InChI is InChI=1S/C11H16N2S2/c1-2-3-7-13-10(14)8-5-4-6-9(8)12-11(13)15/h2-7H2,1H3,(H,12,15). The molecule has 4 heteroatoms. The van der Waals surface area contributed by atoms with Crippen LogP contribution in [0.15, 0.2) is 0 Å². The Morgan fingerprint density at radius 2 is 2.13 bits per heavy atom. The Morgan fingerprint density at radius 3 is 2.87 bits per heavy atom. The van der Waals surface area contributed by atoms with Crippen LogP contribution in [-0.2, 0) is 19.4 Å². The molecule has 0 fully saturated rings. The van der Waals surface area contributed by atoms with Crippen LogP contribution in [0.3, 0.4) is 0 Å². The van der Waals surface area contributed by atoms with Crippen LogP contribution in [0.4, 0.5) is 0 Å². The minimum Gasteiger partial charge on any atom is -0.336 e. The highest BCUT2D eigenvalue weighted by molar-refractivity contribution is 7.72. The lowest BCUT2D eigenvalue weighted by Crippen LogP contribution is -2.07. The van der Waals surface area contributed by atoms with Gasteiger partial charge in [0.2, 0.25) is 0 Å². The smallest absolute Gasteiger partial charge is 0.178 e. The number of fused-ring (bicyclic) bond motifs is 1. The van der Waals surface area contributed by atoms with Gasteiger partial charge in [-0.1, -0.05) is 25.6 Å². The number of aromatic amines is 1. The van der Waals surface area contributed by atoms with Crippen LogP contribution in [0.1, 0.15) is 37.4 Å². The Hall–Kier alpha value is -0.480. The fourth-order valence-electron chi connectivity index (χ4n) is 2.09. The molecule has 0 atom stereocenters. The van der Waals surface area contributed by atoms with E-state index in [9.17, 15) is 0 Å². The van der Waals surface area contributed by atoms with Gasteiger partial charge in [-0.3, -0.25) is 0 Å². The third-order valence-electron chi connectivity index (χ3n) is 2.96. The monoisotopic (exact) mass is 240 g/mol. The van der Waals surface area contributed by atoms with Crippen LogP contribution in [-0.4, -0.2) is 9.55 Å². The summed E-state index contributed by atoms with van der Waals surface area (Å²) in [5.74, 6) is 0. The highest BCUT2D eigenvalue weighted by Gasteiger charge is 2.14. The van der Waals surface area contributed by atoms with Crippen molar-refractivity contribution in [3.8, 4) is 0 Å². The van der Waals surface area contributed by atoms with Crippen LogP contribution in [0, 0.1) is 9.41 Å². The summed E-state index contributed by atoms with van der Waals surface area (Å²) in [6.45, 7) is 3.14. The normalized spacial score (nSPS) is 14.2. The third kappa shape index (κ3) is 2.06. The molecule has 0 spiro atoms. The summed E-state index contributed by atoms with van der Waals surface area (Å²) in [6.07, 6.45) is 5.75. The molecule has 0 saturated carbocycles. The molecule has 82 valence electrons. The second-order valence-corrected chi connectivity index (χ2v) is 4.82. The molecule has 2 nitrogen and oxygen atoms in total. The van der Waals surface area contributed by atoms with E-state index in [-0.39, 0.29) is 0 Å². The van der Waals surface area contributed by atoms with Crippen LogP contribution in [0.5, 0.6) is 0 Å². The van der Waals surface area contributed by atoms with E-state index >= 15 is 0 Å². The first-order valence-corrected chi connectivity index (χ1v) is 6.40. The average molecular weight is 240 g/mol. The fourth-order valence-corrected chi connectivity index (χ4v) is 2.86. The predicted molar refractivity (Wildman–Crippen MR) is 67.4 cm³/mol. The van der Waals surface area contributed by atoms with Gasteiger partial charge in [0.1, 0.15) is 4.64 Å². The van der Waals surface area contributed by atoms with Gasteiger partial charge in [-0.2, -0.15) is 0 Å². The first-order chi connectivity index (χ1) is 7.24. The van der Waals surface area contributed by atoms with Crippen molar-refractivity contribution in [1.82, 2.24) is 9.55 Å². The number of hydrogen-bond donors (Lipinski definition) is 1. The molecule has 1 N–H and O–H groups in total. The molecule has 1 aromatic rings. The van der Waals surface area contributed by atoms with Crippen molar-refractivity contribution < 1.29 is 0 Å². The topological polar surface area (TPSA) is 20.7 Å². The van der Waals surface area contributed by atoms with E-state index in [2.05, 4.69) is 16.5 Å². The largest absolute Gasteiger partial charge is 0.336 e. The van der Waals surface area contributed by atoms with Gasteiger partial charge < -0.3 is 9.55 Å². The molecule has 0 saturated heterocycles. The lowest BCUT2D eigenvalue weighted by molar-refractivity contribution is 0.600. The Balaban J connectivity index is 2.47. The molecular formula is C11H16N2S2. The van der Waals surface area contributed by atoms with E-state index in [1.807, 2.05) is 0 Å². The molecule has 0 aliphatic heterocycles. The zero-order chi connectivity index (χ0) is 10.8. The molecule has 0 aromatic carbocycles. The van der Waals surface area contributed by atoms with Crippen molar-refractivity contribution >= 4 is 24.4 Å². The molecule has 0 amide bonds. The van der Waals surface area contributed by atoms with Gasteiger partial charge in [-0.05, 0) is 37.9 Å². The zero-order valence-corrected chi connectivity index (χ0v) is 10.6. The quantitative estimate of drug-likeness (QED) is 0.815. The van der Waals surface area contributed by atoms with Crippen molar-refractivity contribution in [1.29, 1.82) is 0 Å². The molecule has 1 aliphatic carbocycles. The van der Waals surface area contributed by atoms with Crippen molar-refractivity contribution in [3.63, 3.8) is 0 Å². The van der Waals surface area contributed by atoms with E-state index in [0.717, 1.165) is 35.2 Å². The summed E-state index contributed by atoms with van der Waals surface area (Å²) in [4.78, 5) is 3.32. The number of nitrogens with one attached hydrogen (secondary N) is 1. The summed E-state index contributed by atoms with van der Waals surface area (Å²) in [5.41, 5.74) is 2.60. The number of hydrogen-bond acceptors (Lipinski definition) is 2. The number of rotatable bonds is 3. The number of aromatic nitrogens is 2. The number of unbranched alkanes of at least 4 members (excludes halogenated alkanes) is 1. The first kappa shape index (κ1) is 11.0. The Kier molecular flexibility index (Phi) is 3.36. The summed E-state index contributed by atoms with van der Waals surface area (Å²) >= 11 is 10.8. The van der Waals surface area contributed by atoms with Crippen LogP contribution >= 0.6 is 24.4 Å². The lowest BCUT2D eigenvalue weighted by atomic mass is 10.2. The van der Waals surface area contributed by atoms with Crippen molar-refractivity contribution in [2.24, 2.45) is 0 Å². The van der Waals surface area contributed by atoms with E-state index in [4.69, 9.17) is 24.4 Å². The van der Waals surface area contributed by atoms with Crippen molar-refractivity contribution in [3.05, 3.63) is 20.7 Å². The highest BCUT2D eigenvalue weighted by atomic mass is 32.1. The number of aryl methyl sites for hydroxylation is 1. The summed E-state index contributed by atoms with van der Waals surface area (Å²) < 4.78 is 3.85. The SMILES string of the molecule is CCCCn1c(=S)[nH]c2c(c1=S)CCC2. The fraction of sp³-hybridized carbons (Fsp3) is 0.636. The Bertz CT molecular complexity index is 470. The maximum Gasteiger partial charge on any atom is 0.178 e. The lowest BCUT2D eigenvalue weighted by Gasteiger charge is -2.10. The molecule has 0 unspecified atom stereocenters. The third-order valence-corrected chi connectivity index (χ3v) is 3.75. The molecule has 1 aromatic heterocycles. The Labute approximate surface area is 100 Å². The van der Waals surface area contributed by atoms with Crippen molar-refractivity contribution in [2.45, 2.75) is 45.6 Å². The Morgan fingerprint density at radius 1 is 1.33 bits per heavy atom. The summed E-state index contributed by atoms with van der Waals surface area (Å²) in [6, 6.07) is 0. The van der Waals surface area contributed by atoms with Gasteiger partial charge in [0.25, 0.3) is 0 Å². The molecule has 0 radical (unpaired) electrons. The molecule has 0 bridgehead atoms. The van der Waals surface area contributed by atoms with Gasteiger partial charge in [0, 0.05) is 17.8 Å². The van der Waals surface area contributed by atoms with Crippen LogP contribution in [0.25, 0.3) is 0 Å². The first-order valence-electron chi connectivity index (χ1n) is 5.59. The van der Waals surface area contributed by atoms with E-state index in [0.29, 0.717) is 0 Å². The molecule has 1 aliphatic rings. The minimum atomic E-state index is 0.800. The van der Waals surface area contributed by atoms with Crippen LogP contribution in [0.2, 0.25) is 0 Å². The minimum absolute atomic E-state index is 0.800. The average Bonchev–Trinajstić information content (AvgIpc) is 2.65. The molecule has 1 heterocycles. The molecule has 2 rings (SSSR count).